The first-order valence-corrected chi connectivity index (χ1v) is 9.29. The number of aromatic nitrogens is 4. The van der Waals surface area contributed by atoms with Gasteiger partial charge in [0.15, 0.2) is 11.5 Å². The number of halogens is 2. The lowest BCUT2D eigenvalue weighted by Crippen LogP contribution is -2.36. The largest absolute Gasteiger partial charge is 0.390 e. The van der Waals surface area contributed by atoms with Crippen molar-refractivity contribution in [3.63, 3.8) is 0 Å². The minimum Gasteiger partial charge on any atom is -0.390 e. The predicted octanol–water partition coefficient (Wildman–Crippen LogP) is 1.59. The molecule has 0 radical (unpaired) electrons. The Balaban J connectivity index is 2.21. The summed E-state index contributed by atoms with van der Waals surface area (Å²) in [5.74, 6) is 0.0910. The molecule has 27 heavy (non-hydrogen) atoms. The zero-order valence-electron chi connectivity index (χ0n) is 14.9. The maximum Gasteiger partial charge on any atom is 0.349 e. The van der Waals surface area contributed by atoms with E-state index in [1.54, 1.807) is 10.6 Å². The van der Waals surface area contributed by atoms with E-state index < -0.39 is 17.4 Å². The van der Waals surface area contributed by atoms with Crippen molar-refractivity contribution in [2.24, 2.45) is 0 Å². The minimum atomic E-state index is -0.777. The summed E-state index contributed by atoms with van der Waals surface area (Å²) in [5.41, 5.74) is -0.493. The Morgan fingerprint density at radius 2 is 1.85 bits per heavy atom. The van der Waals surface area contributed by atoms with Crippen LogP contribution in [-0.4, -0.2) is 55.3 Å². The number of benzene rings is 1. The Hall–Kier alpha value is -2.00. The smallest absolute Gasteiger partial charge is 0.349 e. The summed E-state index contributed by atoms with van der Waals surface area (Å²) in [7, 11) is 0. The van der Waals surface area contributed by atoms with Crippen molar-refractivity contribution >= 4 is 34.2 Å². The molecule has 0 aliphatic carbocycles. The summed E-state index contributed by atoms with van der Waals surface area (Å²) in [6.07, 6.45) is -0.755. The number of likely N-dealkylation sites (N-methyl/N-ethyl adjacent to an activating group) is 1. The van der Waals surface area contributed by atoms with Gasteiger partial charge in [-0.3, -0.25) is 9.78 Å². The zero-order valence-corrected chi connectivity index (χ0v) is 16.4. The molecular formula is C17H19Cl2N5O3. The van der Waals surface area contributed by atoms with Crippen molar-refractivity contribution in [1.82, 2.24) is 24.4 Å². The highest BCUT2D eigenvalue weighted by atomic mass is 35.5. The van der Waals surface area contributed by atoms with Gasteiger partial charge in [-0.25, -0.2) is 9.78 Å². The number of aliphatic hydroxyl groups is 1. The van der Waals surface area contributed by atoms with Crippen LogP contribution in [0.1, 0.15) is 13.8 Å². The van der Waals surface area contributed by atoms with E-state index in [0.29, 0.717) is 22.6 Å². The molecule has 1 unspecified atom stereocenters. The molecular weight excluding hydrogens is 393 g/mol. The molecule has 8 nitrogen and oxygen atoms in total. The van der Waals surface area contributed by atoms with E-state index in [9.17, 15) is 14.7 Å². The van der Waals surface area contributed by atoms with Crippen molar-refractivity contribution < 1.29 is 5.11 Å². The van der Waals surface area contributed by atoms with Crippen molar-refractivity contribution in [1.29, 1.82) is 0 Å². The van der Waals surface area contributed by atoms with Crippen molar-refractivity contribution in [3.05, 3.63) is 43.0 Å². The van der Waals surface area contributed by atoms with E-state index in [4.69, 9.17) is 23.2 Å². The highest BCUT2D eigenvalue weighted by molar-refractivity contribution is 6.42. The van der Waals surface area contributed by atoms with Gasteiger partial charge >= 0.3 is 5.69 Å². The molecule has 1 aromatic rings. The summed E-state index contributed by atoms with van der Waals surface area (Å²) in [6.45, 7) is 6.14. The number of hydrogen-bond acceptors (Lipinski definition) is 6. The average Bonchev–Trinajstić information content (AvgIpc) is 2.62. The van der Waals surface area contributed by atoms with Gasteiger partial charge in [-0.05, 0) is 25.2 Å². The highest BCUT2D eigenvalue weighted by Crippen LogP contribution is 2.29. The van der Waals surface area contributed by atoms with Gasteiger partial charge in [-0.15, -0.1) is 0 Å². The normalized spacial score (nSPS) is 13.0. The van der Waals surface area contributed by atoms with E-state index in [2.05, 4.69) is 19.9 Å². The Kier molecular flexibility index (Phi) is 5.81. The number of rotatable bonds is 6. The summed E-state index contributed by atoms with van der Waals surface area (Å²) < 4.78 is 1.59. The summed E-state index contributed by atoms with van der Waals surface area (Å²) in [4.78, 5) is 36.3. The number of aliphatic hydroxyl groups excluding tert-OH is 1. The molecule has 0 bridgehead atoms. The fraction of sp³-hybridized carbons (Fsp3) is 0.412. The van der Waals surface area contributed by atoms with E-state index in [-0.39, 0.29) is 23.1 Å². The van der Waals surface area contributed by atoms with Gasteiger partial charge < -0.3 is 14.6 Å². The van der Waals surface area contributed by atoms with Crippen LogP contribution in [0.2, 0.25) is 10.0 Å². The van der Waals surface area contributed by atoms with Crippen LogP contribution >= 0.6 is 23.2 Å². The Morgan fingerprint density at radius 1 is 1.19 bits per heavy atom. The molecule has 0 saturated carbocycles. The second kappa shape index (κ2) is 7.93. The second-order valence-corrected chi connectivity index (χ2v) is 6.97. The highest BCUT2D eigenvalue weighted by Gasteiger charge is 2.21. The van der Waals surface area contributed by atoms with Gasteiger partial charge in [0.2, 0.25) is 0 Å². The lowest BCUT2D eigenvalue weighted by molar-refractivity contribution is 0.104. The molecule has 0 saturated heterocycles. The molecule has 0 aromatic heterocycles. The van der Waals surface area contributed by atoms with Crippen molar-refractivity contribution in [2.75, 3.05) is 19.6 Å². The molecule has 1 aromatic carbocycles. The third-order valence-corrected chi connectivity index (χ3v) is 5.13. The van der Waals surface area contributed by atoms with Crippen LogP contribution in [0.5, 0.6) is 0 Å². The Bertz CT molecular complexity index is 1060. The summed E-state index contributed by atoms with van der Waals surface area (Å²) >= 11 is 12.2. The second-order valence-electron chi connectivity index (χ2n) is 6.16. The van der Waals surface area contributed by atoms with Crippen LogP contribution in [0, 0.1) is 0 Å². The summed E-state index contributed by atoms with van der Waals surface area (Å²) in [6, 6.07) is 3.12. The first kappa shape index (κ1) is 19.8. The SMILES string of the molecule is CCN(CC)CC(O)Cn1c2nc(=O)[nH]c(=O)c-2nc2cc(Cl)c(Cl)cc21. The molecule has 144 valence electrons. The number of nitrogens with zero attached hydrogens (tertiary/aromatic N) is 4. The standard InChI is InChI=1S/C17H19Cl2N5O3/c1-3-23(4-2)7-9(25)8-24-13-6-11(19)10(18)5-12(13)20-14-15(24)21-17(27)22-16(14)26/h5-6,9,25H,3-4,7-8H2,1-2H3,(H,22,26,27). The van der Waals surface area contributed by atoms with Gasteiger partial charge in [-0.2, -0.15) is 4.98 Å². The molecule has 2 aliphatic heterocycles. The van der Waals surface area contributed by atoms with E-state index in [0.717, 1.165) is 13.1 Å². The first-order chi connectivity index (χ1) is 12.8. The number of aromatic amines is 1. The topological polar surface area (TPSA) is 104 Å². The zero-order chi connectivity index (χ0) is 19.7. The molecule has 2 aliphatic rings. The fourth-order valence-corrected chi connectivity index (χ4v) is 3.34. The molecule has 0 fully saturated rings. The predicted molar refractivity (Wildman–Crippen MR) is 105 cm³/mol. The Morgan fingerprint density at radius 3 is 2.52 bits per heavy atom. The van der Waals surface area contributed by atoms with Crippen LogP contribution in [0.15, 0.2) is 21.7 Å². The third kappa shape index (κ3) is 3.98. The molecule has 1 atom stereocenters. The van der Waals surface area contributed by atoms with Gasteiger partial charge in [0.05, 0.1) is 33.7 Å². The number of fused-ring (bicyclic) bond motifs is 2. The lowest BCUT2D eigenvalue weighted by atomic mass is 10.2. The molecule has 2 N–H and O–H groups in total. The van der Waals surface area contributed by atoms with Gasteiger partial charge in [0.25, 0.3) is 5.56 Å². The van der Waals surface area contributed by atoms with E-state index in [1.807, 2.05) is 13.8 Å². The van der Waals surface area contributed by atoms with Crippen molar-refractivity contribution in [3.8, 4) is 11.5 Å². The number of nitrogens with one attached hydrogen (secondary N) is 1. The van der Waals surface area contributed by atoms with Crippen LogP contribution < -0.4 is 11.2 Å². The lowest BCUT2D eigenvalue weighted by Gasteiger charge is -2.24. The van der Waals surface area contributed by atoms with Crippen LogP contribution in [0.25, 0.3) is 22.6 Å². The molecule has 0 amide bonds. The van der Waals surface area contributed by atoms with Crippen molar-refractivity contribution in [2.45, 2.75) is 26.5 Å². The molecule has 0 spiro atoms. The third-order valence-electron chi connectivity index (χ3n) is 4.41. The number of H-pyrrole nitrogens is 1. The first-order valence-electron chi connectivity index (χ1n) is 8.54. The average molecular weight is 412 g/mol. The van der Waals surface area contributed by atoms with E-state index >= 15 is 0 Å². The van der Waals surface area contributed by atoms with Gasteiger partial charge in [0, 0.05) is 6.54 Å². The number of hydrogen-bond donors (Lipinski definition) is 2. The van der Waals surface area contributed by atoms with Crippen LogP contribution in [0.4, 0.5) is 0 Å². The fourth-order valence-electron chi connectivity index (χ4n) is 3.02. The van der Waals surface area contributed by atoms with E-state index in [1.165, 1.54) is 6.07 Å². The Labute approximate surface area is 164 Å². The maximum atomic E-state index is 12.2. The molecule has 3 rings (SSSR count). The minimum absolute atomic E-state index is 0.00414. The monoisotopic (exact) mass is 411 g/mol. The van der Waals surface area contributed by atoms with Crippen LogP contribution in [-0.2, 0) is 6.54 Å². The molecule has 2 heterocycles. The quantitative estimate of drug-likeness (QED) is 0.596. The van der Waals surface area contributed by atoms with Gasteiger partial charge in [-0.1, -0.05) is 37.0 Å². The molecule has 10 heteroatoms. The maximum absolute atomic E-state index is 12.2. The van der Waals surface area contributed by atoms with Gasteiger partial charge in [0.1, 0.15) is 0 Å². The van der Waals surface area contributed by atoms with Crippen LogP contribution in [0.3, 0.4) is 0 Å². The summed E-state index contributed by atoms with van der Waals surface area (Å²) in [5, 5.41) is 11.2.